The molecule has 1 heterocycles. The van der Waals surface area contributed by atoms with Gasteiger partial charge in [-0.25, -0.2) is 0 Å². The molecule has 1 aliphatic carbocycles. The van der Waals surface area contributed by atoms with Crippen LogP contribution in [0.3, 0.4) is 0 Å². The minimum Gasteiger partial charge on any atom is -0.346 e. The molecule has 0 atom stereocenters. The van der Waals surface area contributed by atoms with Gasteiger partial charge in [0, 0.05) is 18.6 Å². The Kier molecular flexibility index (Phi) is 3.07. The minimum absolute atomic E-state index is 0.00174. The van der Waals surface area contributed by atoms with E-state index in [4.69, 9.17) is 5.73 Å². The highest BCUT2D eigenvalue weighted by molar-refractivity contribution is 5.78. The molecular formula is C10H16F3N3O. The highest BCUT2D eigenvalue weighted by atomic mass is 19.4. The smallest absolute Gasteiger partial charge is 0.346 e. The number of likely N-dealkylation sites (tertiary alicyclic amines) is 1. The number of nitrogens with one attached hydrogen (secondary N) is 1. The molecule has 98 valence electrons. The maximum absolute atomic E-state index is 11.8. The third-order valence-electron chi connectivity index (χ3n) is 3.28. The standard InChI is InChI=1S/C10H16F3N3O/c11-10(12,13)4-15-8(17)3-16-5-9(14,6-16)7-1-2-7/h7H,1-6,14H2,(H,15,17). The van der Waals surface area contributed by atoms with Crippen molar-refractivity contribution in [1.29, 1.82) is 0 Å². The van der Waals surface area contributed by atoms with Crippen molar-refractivity contribution in [3.05, 3.63) is 0 Å². The Morgan fingerprint density at radius 1 is 1.41 bits per heavy atom. The van der Waals surface area contributed by atoms with Gasteiger partial charge in [-0.2, -0.15) is 13.2 Å². The Bertz CT molecular complexity index is 308. The molecule has 7 heteroatoms. The van der Waals surface area contributed by atoms with E-state index in [1.54, 1.807) is 4.90 Å². The average Bonchev–Trinajstić information content (AvgIpc) is 2.94. The molecule has 0 radical (unpaired) electrons. The molecule has 2 rings (SSSR count). The SMILES string of the molecule is NC1(C2CC2)CN(CC(=O)NCC(F)(F)F)C1. The molecule has 0 spiro atoms. The van der Waals surface area contributed by atoms with E-state index >= 15 is 0 Å². The fraction of sp³-hybridized carbons (Fsp3) is 0.900. The summed E-state index contributed by atoms with van der Waals surface area (Å²) < 4.78 is 35.5. The van der Waals surface area contributed by atoms with Gasteiger partial charge in [0.05, 0.1) is 6.54 Å². The summed E-state index contributed by atoms with van der Waals surface area (Å²) in [6.07, 6.45) is -2.09. The molecule has 0 unspecified atom stereocenters. The van der Waals surface area contributed by atoms with Crippen molar-refractivity contribution >= 4 is 5.91 Å². The van der Waals surface area contributed by atoms with Crippen molar-refractivity contribution in [3.63, 3.8) is 0 Å². The van der Waals surface area contributed by atoms with Crippen molar-refractivity contribution in [2.24, 2.45) is 11.7 Å². The van der Waals surface area contributed by atoms with Crippen LogP contribution >= 0.6 is 0 Å². The van der Waals surface area contributed by atoms with Gasteiger partial charge < -0.3 is 11.1 Å². The number of amides is 1. The first kappa shape index (κ1) is 12.6. The van der Waals surface area contributed by atoms with Crippen LogP contribution in [0.5, 0.6) is 0 Å². The van der Waals surface area contributed by atoms with E-state index < -0.39 is 18.6 Å². The summed E-state index contributed by atoms with van der Waals surface area (Å²) in [4.78, 5) is 13.0. The first-order chi connectivity index (χ1) is 7.78. The van der Waals surface area contributed by atoms with E-state index in [-0.39, 0.29) is 12.1 Å². The number of nitrogens with zero attached hydrogens (tertiary/aromatic N) is 1. The first-order valence-electron chi connectivity index (χ1n) is 5.63. The average molecular weight is 251 g/mol. The third kappa shape index (κ3) is 3.32. The van der Waals surface area contributed by atoms with Gasteiger partial charge in [0.2, 0.25) is 5.91 Å². The molecule has 2 aliphatic rings. The van der Waals surface area contributed by atoms with Crippen LogP contribution in [0.15, 0.2) is 0 Å². The van der Waals surface area contributed by atoms with Gasteiger partial charge in [-0.3, -0.25) is 9.69 Å². The van der Waals surface area contributed by atoms with Crippen molar-refractivity contribution in [1.82, 2.24) is 10.2 Å². The van der Waals surface area contributed by atoms with Crippen LogP contribution in [0.4, 0.5) is 13.2 Å². The monoisotopic (exact) mass is 251 g/mol. The molecule has 2 fully saturated rings. The predicted octanol–water partition coefficient (Wildman–Crippen LogP) is 0.0880. The zero-order chi connectivity index (χ0) is 12.7. The molecule has 1 amide bonds. The Labute approximate surface area is 97.3 Å². The number of hydrogen-bond acceptors (Lipinski definition) is 3. The first-order valence-corrected chi connectivity index (χ1v) is 5.63. The van der Waals surface area contributed by atoms with Gasteiger partial charge in [0.1, 0.15) is 6.54 Å². The summed E-state index contributed by atoms with van der Waals surface area (Å²) >= 11 is 0. The quantitative estimate of drug-likeness (QED) is 0.744. The van der Waals surface area contributed by atoms with Crippen molar-refractivity contribution in [2.75, 3.05) is 26.2 Å². The Morgan fingerprint density at radius 3 is 2.47 bits per heavy atom. The molecule has 1 saturated heterocycles. The minimum atomic E-state index is -4.35. The molecule has 0 aromatic heterocycles. The number of nitrogens with two attached hydrogens (primary N) is 1. The lowest BCUT2D eigenvalue weighted by Gasteiger charge is -2.48. The number of rotatable bonds is 4. The fourth-order valence-electron chi connectivity index (χ4n) is 2.27. The van der Waals surface area contributed by atoms with Crippen LogP contribution in [0, 0.1) is 5.92 Å². The van der Waals surface area contributed by atoms with E-state index in [2.05, 4.69) is 0 Å². The molecule has 1 saturated carbocycles. The summed E-state index contributed by atoms with van der Waals surface area (Å²) in [6, 6.07) is 0. The van der Waals surface area contributed by atoms with Crippen LogP contribution in [-0.4, -0.2) is 48.7 Å². The van der Waals surface area contributed by atoms with Gasteiger partial charge in [0.25, 0.3) is 0 Å². The number of hydrogen-bond donors (Lipinski definition) is 2. The Morgan fingerprint density at radius 2 is 2.00 bits per heavy atom. The maximum atomic E-state index is 11.8. The summed E-state index contributed by atoms with van der Waals surface area (Å²) in [6.45, 7) is -0.0496. The Hall–Kier alpha value is -0.820. The van der Waals surface area contributed by atoms with Gasteiger partial charge in [-0.15, -0.1) is 0 Å². The van der Waals surface area contributed by atoms with Gasteiger partial charge in [-0.05, 0) is 18.8 Å². The molecule has 3 N–H and O–H groups in total. The highest BCUT2D eigenvalue weighted by Gasteiger charge is 2.50. The molecule has 0 aromatic carbocycles. The Balaban J connectivity index is 1.64. The number of halogens is 3. The third-order valence-corrected chi connectivity index (χ3v) is 3.28. The summed E-state index contributed by atoms with van der Waals surface area (Å²) in [7, 11) is 0. The van der Waals surface area contributed by atoms with Crippen LogP contribution in [0.25, 0.3) is 0 Å². The number of carbonyl (C=O) groups excluding carboxylic acids is 1. The normalized spacial score (nSPS) is 24.2. The van der Waals surface area contributed by atoms with E-state index in [1.165, 1.54) is 0 Å². The molecule has 0 aromatic rings. The van der Waals surface area contributed by atoms with Crippen LogP contribution < -0.4 is 11.1 Å². The summed E-state index contributed by atoms with van der Waals surface area (Å²) in [5.41, 5.74) is 5.86. The van der Waals surface area contributed by atoms with E-state index in [1.807, 2.05) is 5.32 Å². The van der Waals surface area contributed by atoms with Crippen molar-refractivity contribution in [2.45, 2.75) is 24.6 Å². The zero-order valence-corrected chi connectivity index (χ0v) is 9.39. The predicted molar refractivity (Wildman–Crippen MR) is 55.1 cm³/mol. The molecule has 17 heavy (non-hydrogen) atoms. The summed E-state index contributed by atoms with van der Waals surface area (Å²) in [5, 5.41) is 1.85. The zero-order valence-electron chi connectivity index (χ0n) is 9.39. The number of carbonyl (C=O) groups is 1. The molecule has 0 bridgehead atoms. The second kappa shape index (κ2) is 4.13. The van der Waals surface area contributed by atoms with Gasteiger partial charge >= 0.3 is 6.18 Å². The number of alkyl halides is 3. The largest absolute Gasteiger partial charge is 0.405 e. The van der Waals surface area contributed by atoms with Crippen molar-refractivity contribution < 1.29 is 18.0 Å². The second-order valence-corrected chi connectivity index (χ2v) is 5.04. The lowest BCUT2D eigenvalue weighted by molar-refractivity contribution is -0.140. The van der Waals surface area contributed by atoms with Crippen LogP contribution in [0.2, 0.25) is 0 Å². The highest BCUT2D eigenvalue weighted by Crippen LogP contribution is 2.42. The molecule has 4 nitrogen and oxygen atoms in total. The van der Waals surface area contributed by atoms with Crippen molar-refractivity contribution in [3.8, 4) is 0 Å². The fourth-order valence-corrected chi connectivity index (χ4v) is 2.27. The second-order valence-electron chi connectivity index (χ2n) is 5.04. The van der Waals surface area contributed by atoms with Gasteiger partial charge in [0.15, 0.2) is 0 Å². The van der Waals surface area contributed by atoms with Gasteiger partial charge in [-0.1, -0.05) is 0 Å². The summed E-state index contributed by atoms with van der Waals surface area (Å²) in [5.74, 6) is -0.0582. The van der Waals surface area contributed by atoms with E-state index in [9.17, 15) is 18.0 Å². The lowest BCUT2D eigenvalue weighted by atomic mass is 9.86. The van der Waals surface area contributed by atoms with Crippen LogP contribution in [0.1, 0.15) is 12.8 Å². The van der Waals surface area contributed by atoms with Crippen LogP contribution in [-0.2, 0) is 4.79 Å². The lowest BCUT2D eigenvalue weighted by Crippen LogP contribution is -2.69. The van der Waals surface area contributed by atoms with E-state index in [0.717, 1.165) is 12.8 Å². The molecule has 1 aliphatic heterocycles. The maximum Gasteiger partial charge on any atom is 0.405 e. The topological polar surface area (TPSA) is 58.4 Å². The molecular weight excluding hydrogens is 235 g/mol. The van der Waals surface area contributed by atoms with E-state index in [0.29, 0.717) is 19.0 Å².